The van der Waals surface area contributed by atoms with Crippen LogP contribution >= 0.6 is 0 Å². The average molecular weight is 370 g/mol. The van der Waals surface area contributed by atoms with Crippen LogP contribution in [0.4, 0.5) is 5.69 Å². The molecule has 1 fully saturated rings. The number of benzene rings is 1. The van der Waals surface area contributed by atoms with Crippen molar-refractivity contribution in [3.8, 4) is 5.75 Å². The molecule has 3 rings (SSSR count). The number of rotatable bonds is 5. The second kappa shape index (κ2) is 8.03. The molecule has 0 saturated carbocycles. The number of para-hydroxylation sites is 2. The summed E-state index contributed by atoms with van der Waals surface area (Å²) in [7, 11) is 1.69. The normalized spacial score (nSPS) is 17.5. The Morgan fingerprint density at radius 3 is 2.67 bits per heavy atom. The molecule has 6 heteroatoms. The Bertz CT molecular complexity index is 799. The standard InChI is InChI=1S/C21H30N4O2/c1-6-25-19(13-17(22-25)15(2)3)21(26)24-12-11-23(14-16(24)4)18-9-7-8-10-20(18)27-5/h7-10,13,15-16H,6,11-12,14H2,1-5H3/t16-/m0/s1. The van der Waals surface area contributed by atoms with E-state index in [1.807, 2.05) is 40.8 Å². The number of amides is 1. The van der Waals surface area contributed by atoms with E-state index in [9.17, 15) is 4.79 Å². The number of nitrogens with zero attached hydrogens (tertiary/aromatic N) is 4. The quantitative estimate of drug-likeness (QED) is 0.810. The largest absolute Gasteiger partial charge is 0.495 e. The van der Waals surface area contributed by atoms with E-state index in [0.717, 1.165) is 30.2 Å². The first-order chi connectivity index (χ1) is 13.0. The van der Waals surface area contributed by atoms with Gasteiger partial charge in [-0.25, -0.2) is 0 Å². The summed E-state index contributed by atoms with van der Waals surface area (Å²) in [6, 6.07) is 10.1. The van der Waals surface area contributed by atoms with Crippen LogP contribution in [0.15, 0.2) is 30.3 Å². The molecule has 1 saturated heterocycles. The van der Waals surface area contributed by atoms with Crippen LogP contribution < -0.4 is 9.64 Å². The molecule has 1 aliphatic heterocycles. The van der Waals surface area contributed by atoms with E-state index in [4.69, 9.17) is 4.74 Å². The van der Waals surface area contributed by atoms with Gasteiger partial charge < -0.3 is 14.5 Å². The summed E-state index contributed by atoms with van der Waals surface area (Å²) in [5.41, 5.74) is 2.75. The minimum Gasteiger partial charge on any atom is -0.495 e. The van der Waals surface area contributed by atoms with E-state index in [2.05, 4.69) is 36.8 Å². The Labute approximate surface area is 161 Å². The number of ether oxygens (including phenoxy) is 1. The topological polar surface area (TPSA) is 50.6 Å². The van der Waals surface area contributed by atoms with E-state index < -0.39 is 0 Å². The third-order valence-corrected chi connectivity index (χ3v) is 5.22. The lowest BCUT2D eigenvalue weighted by molar-refractivity contribution is 0.0661. The van der Waals surface area contributed by atoms with Gasteiger partial charge in [0.25, 0.3) is 5.91 Å². The molecule has 1 atom stereocenters. The Morgan fingerprint density at radius 1 is 1.30 bits per heavy atom. The number of carbonyl (C=O) groups is 1. The zero-order chi connectivity index (χ0) is 19.6. The first-order valence-electron chi connectivity index (χ1n) is 9.72. The highest BCUT2D eigenvalue weighted by molar-refractivity contribution is 5.93. The van der Waals surface area contributed by atoms with Crippen LogP contribution in [0, 0.1) is 0 Å². The summed E-state index contributed by atoms with van der Waals surface area (Å²) < 4.78 is 7.33. The van der Waals surface area contributed by atoms with Crippen LogP contribution in [0.3, 0.4) is 0 Å². The maximum absolute atomic E-state index is 13.2. The second-order valence-electron chi connectivity index (χ2n) is 7.39. The molecule has 0 spiro atoms. The van der Waals surface area contributed by atoms with Gasteiger partial charge in [-0.3, -0.25) is 9.48 Å². The average Bonchev–Trinajstić information content (AvgIpc) is 3.12. The summed E-state index contributed by atoms with van der Waals surface area (Å²) in [6.07, 6.45) is 0. The van der Waals surface area contributed by atoms with Crippen LogP contribution in [0.1, 0.15) is 49.8 Å². The lowest BCUT2D eigenvalue weighted by atomic mass is 10.1. The molecule has 0 radical (unpaired) electrons. The van der Waals surface area contributed by atoms with Gasteiger partial charge in [0.2, 0.25) is 0 Å². The molecular weight excluding hydrogens is 340 g/mol. The zero-order valence-corrected chi connectivity index (χ0v) is 17.0. The van der Waals surface area contributed by atoms with Gasteiger partial charge in [0.05, 0.1) is 18.5 Å². The highest BCUT2D eigenvalue weighted by Gasteiger charge is 2.31. The molecule has 0 unspecified atom stereocenters. The Kier molecular flexibility index (Phi) is 5.73. The van der Waals surface area contributed by atoms with Crippen molar-refractivity contribution in [2.24, 2.45) is 0 Å². The molecule has 6 nitrogen and oxygen atoms in total. The molecule has 2 heterocycles. The van der Waals surface area contributed by atoms with Crippen LogP contribution in [0.2, 0.25) is 0 Å². The molecule has 146 valence electrons. The molecule has 2 aromatic rings. The van der Waals surface area contributed by atoms with Crippen molar-refractivity contribution in [1.29, 1.82) is 0 Å². The summed E-state index contributed by atoms with van der Waals surface area (Å²) in [4.78, 5) is 17.5. The fraction of sp³-hybridized carbons (Fsp3) is 0.524. The molecule has 27 heavy (non-hydrogen) atoms. The third-order valence-electron chi connectivity index (χ3n) is 5.22. The lowest BCUT2D eigenvalue weighted by Crippen LogP contribution is -2.54. The molecule has 1 aliphatic rings. The number of methoxy groups -OCH3 is 1. The highest BCUT2D eigenvalue weighted by Crippen LogP contribution is 2.30. The highest BCUT2D eigenvalue weighted by atomic mass is 16.5. The van der Waals surface area contributed by atoms with Crippen molar-refractivity contribution in [2.75, 3.05) is 31.6 Å². The minimum atomic E-state index is 0.0726. The van der Waals surface area contributed by atoms with Crippen molar-refractivity contribution in [1.82, 2.24) is 14.7 Å². The second-order valence-corrected chi connectivity index (χ2v) is 7.39. The van der Waals surface area contributed by atoms with Crippen LogP contribution in [0.5, 0.6) is 5.75 Å². The Hall–Kier alpha value is -2.50. The predicted octanol–water partition coefficient (Wildman–Crippen LogP) is 3.39. The van der Waals surface area contributed by atoms with E-state index in [1.165, 1.54) is 0 Å². The van der Waals surface area contributed by atoms with Gasteiger partial charge in [-0.05, 0) is 38.0 Å². The fourth-order valence-corrected chi connectivity index (χ4v) is 3.65. The number of carbonyl (C=O) groups excluding carboxylic acids is 1. The van der Waals surface area contributed by atoms with Crippen molar-refractivity contribution in [2.45, 2.75) is 46.2 Å². The van der Waals surface area contributed by atoms with Crippen LogP contribution in [0.25, 0.3) is 0 Å². The van der Waals surface area contributed by atoms with Gasteiger partial charge in [-0.15, -0.1) is 0 Å². The molecular formula is C21H30N4O2. The number of hydrogen-bond acceptors (Lipinski definition) is 4. The third kappa shape index (κ3) is 3.80. The van der Waals surface area contributed by atoms with Gasteiger partial charge in [0.15, 0.2) is 0 Å². The fourth-order valence-electron chi connectivity index (χ4n) is 3.65. The number of anilines is 1. The Balaban J connectivity index is 1.78. The smallest absolute Gasteiger partial charge is 0.272 e. The predicted molar refractivity (Wildman–Crippen MR) is 108 cm³/mol. The number of aromatic nitrogens is 2. The Morgan fingerprint density at radius 2 is 2.04 bits per heavy atom. The van der Waals surface area contributed by atoms with Crippen LogP contribution in [-0.4, -0.2) is 53.4 Å². The summed E-state index contributed by atoms with van der Waals surface area (Å²) in [5, 5.41) is 4.60. The maximum atomic E-state index is 13.2. The van der Waals surface area contributed by atoms with Gasteiger partial charge in [0.1, 0.15) is 11.4 Å². The van der Waals surface area contributed by atoms with E-state index >= 15 is 0 Å². The van der Waals surface area contributed by atoms with Crippen molar-refractivity contribution in [3.05, 3.63) is 41.7 Å². The van der Waals surface area contributed by atoms with E-state index in [0.29, 0.717) is 24.7 Å². The maximum Gasteiger partial charge on any atom is 0.272 e. The van der Waals surface area contributed by atoms with Gasteiger partial charge in [0, 0.05) is 32.2 Å². The summed E-state index contributed by atoms with van der Waals surface area (Å²) in [5.74, 6) is 1.25. The van der Waals surface area contributed by atoms with E-state index in [-0.39, 0.29) is 11.9 Å². The van der Waals surface area contributed by atoms with Crippen molar-refractivity contribution < 1.29 is 9.53 Å². The molecule has 0 N–H and O–H groups in total. The number of aryl methyl sites for hydroxylation is 1. The SMILES string of the molecule is CCn1nc(C(C)C)cc1C(=O)N1CCN(c2ccccc2OC)C[C@@H]1C. The summed E-state index contributed by atoms with van der Waals surface area (Å²) >= 11 is 0. The van der Waals surface area contributed by atoms with Gasteiger partial charge in [-0.1, -0.05) is 26.0 Å². The zero-order valence-electron chi connectivity index (χ0n) is 17.0. The first-order valence-corrected chi connectivity index (χ1v) is 9.72. The first kappa shape index (κ1) is 19.3. The molecule has 1 amide bonds. The lowest BCUT2D eigenvalue weighted by Gasteiger charge is -2.41. The monoisotopic (exact) mass is 370 g/mol. The molecule has 0 bridgehead atoms. The van der Waals surface area contributed by atoms with Gasteiger partial charge >= 0.3 is 0 Å². The molecule has 1 aromatic heterocycles. The molecule has 0 aliphatic carbocycles. The van der Waals surface area contributed by atoms with Gasteiger partial charge in [-0.2, -0.15) is 5.10 Å². The van der Waals surface area contributed by atoms with Crippen molar-refractivity contribution in [3.63, 3.8) is 0 Å². The van der Waals surface area contributed by atoms with Crippen LogP contribution in [-0.2, 0) is 6.54 Å². The van der Waals surface area contributed by atoms with E-state index in [1.54, 1.807) is 7.11 Å². The number of piperazine rings is 1. The summed E-state index contributed by atoms with van der Waals surface area (Å²) in [6.45, 7) is 11.3. The van der Waals surface area contributed by atoms with Crippen molar-refractivity contribution >= 4 is 11.6 Å². The minimum absolute atomic E-state index is 0.0726. The molecule has 1 aromatic carbocycles. The number of hydrogen-bond donors (Lipinski definition) is 0.